The first-order valence-electron chi connectivity index (χ1n) is 5.96. The molecule has 2 N–H and O–H groups in total. The molecule has 2 unspecified atom stereocenters. The summed E-state index contributed by atoms with van der Waals surface area (Å²) in [4.78, 5) is 23.0. The zero-order valence-electron chi connectivity index (χ0n) is 10.0. The second-order valence-electron chi connectivity index (χ2n) is 4.66. The number of halogens is 2. The molecule has 0 radical (unpaired) electrons. The van der Waals surface area contributed by atoms with Gasteiger partial charge >= 0.3 is 5.97 Å². The van der Waals surface area contributed by atoms with Crippen molar-refractivity contribution in [1.82, 2.24) is 0 Å². The molecule has 19 heavy (non-hydrogen) atoms. The van der Waals surface area contributed by atoms with Crippen LogP contribution in [0.3, 0.4) is 0 Å². The fourth-order valence-electron chi connectivity index (χ4n) is 2.27. The van der Waals surface area contributed by atoms with E-state index >= 15 is 0 Å². The SMILES string of the molecule is O=C(O)C1CCC(C(=O)Nc2ccc(I)cc2Br)C1. The molecule has 1 aliphatic carbocycles. The number of aliphatic carboxylic acids is 1. The van der Waals surface area contributed by atoms with Crippen LogP contribution in [0.1, 0.15) is 19.3 Å². The maximum absolute atomic E-state index is 12.1. The lowest BCUT2D eigenvalue weighted by molar-refractivity contribution is -0.141. The minimum Gasteiger partial charge on any atom is -0.481 e. The number of hydrogen-bond donors (Lipinski definition) is 2. The molecule has 0 spiro atoms. The molecule has 2 rings (SSSR count). The third kappa shape index (κ3) is 3.68. The molecule has 1 saturated carbocycles. The van der Waals surface area contributed by atoms with E-state index < -0.39 is 5.97 Å². The van der Waals surface area contributed by atoms with Gasteiger partial charge in [0.15, 0.2) is 0 Å². The van der Waals surface area contributed by atoms with E-state index in [2.05, 4.69) is 43.8 Å². The van der Waals surface area contributed by atoms with E-state index in [4.69, 9.17) is 5.11 Å². The number of hydrogen-bond acceptors (Lipinski definition) is 2. The monoisotopic (exact) mass is 437 g/mol. The second-order valence-corrected chi connectivity index (χ2v) is 6.76. The molecular formula is C13H13BrINO3. The van der Waals surface area contributed by atoms with Crippen molar-refractivity contribution in [3.05, 3.63) is 26.2 Å². The molecule has 6 heteroatoms. The van der Waals surface area contributed by atoms with Crippen LogP contribution >= 0.6 is 38.5 Å². The standard InChI is InChI=1S/C13H13BrINO3/c14-10-6-9(15)3-4-11(10)16-12(17)7-1-2-8(5-7)13(18)19/h3-4,6-8H,1-2,5H2,(H,16,17)(H,18,19). The summed E-state index contributed by atoms with van der Waals surface area (Å²) in [5.74, 6) is -1.47. The van der Waals surface area contributed by atoms with Crippen LogP contribution in [0.15, 0.2) is 22.7 Å². The van der Waals surface area contributed by atoms with Gasteiger partial charge in [-0.15, -0.1) is 0 Å². The van der Waals surface area contributed by atoms with Crippen LogP contribution in [-0.2, 0) is 9.59 Å². The lowest BCUT2D eigenvalue weighted by Gasteiger charge is -2.12. The Kier molecular flexibility index (Phi) is 4.83. The first kappa shape index (κ1) is 14.8. The molecule has 1 amide bonds. The third-order valence-corrected chi connectivity index (χ3v) is 4.67. The molecule has 0 saturated heterocycles. The topological polar surface area (TPSA) is 66.4 Å². The highest BCUT2D eigenvalue weighted by molar-refractivity contribution is 14.1. The van der Waals surface area contributed by atoms with Gasteiger partial charge in [0.25, 0.3) is 0 Å². The maximum atomic E-state index is 12.1. The van der Waals surface area contributed by atoms with Gasteiger partial charge in [-0.1, -0.05) is 0 Å². The number of carbonyl (C=O) groups is 2. The first-order valence-corrected chi connectivity index (χ1v) is 7.83. The fourth-order valence-corrected chi connectivity index (χ4v) is 3.67. The highest BCUT2D eigenvalue weighted by atomic mass is 127. The number of carboxylic acid groups (broad SMARTS) is 1. The lowest BCUT2D eigenvalue weighted by Crippen LogP contribution is -2.21. The average Bonchev–Trinajstić information content (AvgIpc) is 2.82. The van der Waals surface area contributed by atoms with Gasteiger partial charge in [-0.25, -0.2) is 0 Å². The summed E-state index contributed by atoms with van der Waals surface area (Å²) in [5, 5.41) is 11.8. The summed E-state index contributed by atoms with van der Waals surface area (Å²) in [6, 6.07) is 5.67. The van der Waals surface area contributed by atoms with Gasteiger partial charge in [-0.05, 0) is 76.0 Å². The van der Waals surface area contributed by atoms with Crippen molar-refractivity contribution in [1.29, 1.82) is 0 Å². The predicted molar refractivity (Wildman–Crippen MR) is 84.0 cm³/mol. The van der Waals surface area contributed by atoms with Crippen LogP contribution in [0.5, 0.6) is 0 Å². The average molecular weight is 438 g/mol. The van der Waals surface area contributed by atoms with E-state index in [0.29, 0.717) is 19.3 Å². The Morgan fingerprint density at radius 3 is 2.58 bits per heavy atom. The van der Waals surface area contributed by atoms with Gasteiger partial charge in [0.2, 0.25) is 5.91 Å². The maximum Gasteiger partial charge on any atom is 0.306 e. The van der Waals surface area contributed by atoms with Crippen molar-refractivity contribution in [3.63, 3.8) is 0 Å². The van der Waals surface area contributed by atoms with Crippen LogP contribution < -0.4 is 5.32 Å². The van der Waals surface area contributed by atoms with E-state index in [9.17, 15) is 9.59 Å². The summed E-state index contributed by atoms with van der Waals surface area (Å²) < 4.78 is 1.91. The summed E-state index contributed by atoms with van der Waals surface area (Å²) in [5.41, 5.74) is 0.726. The molecule has 4 nitrogen and oxygen atoms in total. The van der Waals surface area contributed by atoms with Gasteiger partial charge in [0.1, 0.15) is 0 Å². The normalized spacial score (nSPS) is 22.2. The molecule has 1 aliphatic rings. The number of nitrogens with one attached hydrogen (secondary N) is 1. The summed E-state index contributed by atoms with van der Waals surface area (Å²) in [6.45, 7) is 0. The summed E-state index contributed by atoms with van der Waals surface area (Å²) >= 11 is 5.60. The molecule has 2 atom stereocenters. The molecule has 1 aromatic carbocycles. The van der Waals surface area contributed by atoms with Crippen LogP contribution in [0.4, 0.5) is 5.69 Å². The van der Waals surface area contributed by atoms with E-state index in [1.54, 1.807) is 0 Å². The highest BCUT2D eigenvalue weighted by Crippen LogP contribution is 2.33. The van der Waals surface area contributed by atoms with E-state index in [1.807, 2.05) is 18.2 Å². The summed E-state index contributed by atoms with van der Waals surface area (Å²) in [6.07, 6.45) is 1.66. The number of carboxylic acids is 1. The Morgan fingerprint density at radius 2 is 2.00 bits per heavy atom. The van der Waals surface area contributed by atoms with Gasteiger partial charge < -0.3 is 10.4 Å². The zero-order valence-corrected chi connectivity index (χ0v) is 13.8. The van der Waals surface area contributed by atoms with Crippen molar-refractivity contribution in [2.24, 2.45) is 11.8 Å². The van der Waals surface area contributed by atoms with Crippen molar-refractivity contribution in [2.45, 2.75) is 19.3 Å². The van der Waals surface area contributed by atoms with Crippen LogP contribution in [0.2, 0.25) is 0 Å². The molecule has 0 aliphatic heterocycles. The number of benzene rings is 1. The molecule has 0 heterocycles. The van der Waals surface area contributed by atoms with Gasteiger partial charge in [-0.3, -0.25) is 9.59 Å². The number of rotatable bonds is 3. The van der Waals surface area contributed by atoms with Crippen molar-refractivity contribution in [3.8, 4) is 0 Å². The molecule has 0 aromatic heterocycles. The molecule has 102 valence electrons. The van der Waals surface area contributed by atoms with Crippen LogP contribution in [0.25, 0.3) is 0 Å². The number of amides is 1. The Morgan fingerprint density at radius 1 is 1.32 bits per heavy atom. The van der Waals surface area contributed by atoms with Gasteiger partial charge in [0.05, 0.1) is 11.6 Å². The lowest BCUT2D eigenvalue weighted by atomic mass is 10.0. The fraction of sp³-hybridized carbons (Fsp3) is 0.385. The van der Waals surface area contributed by atoms with Gasteiger partial charge in [0, 0.05) is 14.0 Å². The quantitative estimate of drug-likeness (QED) is 0.711. The highest BCUT2D eigenvalue weighted by Gasteiger charge is 2.33. The largest absolute Gasteiger partial charge is 0.481 e. The zero-order chi connectivity index (χ0) is 14.0. The molecule has 0 bridgehead atoms. The Balaban J connectivity index is 2.00. The van der Waals surface area contributed by atoms with E-state index in [-0.39, 0.29) is 17.7 Å². The Bertz CT molecular complexity index is 521. The predicted octanol–water partition coefficient (Wildman–Crippen LogP) is 3.49. The summed E-state index contributed by atoms with van der Waals surface area (Å²) in [7, 11) is 0. The minimum atomic E-state index is -0.800. The van der Waals surface area contributed by atoms with Crippen molar-refractivity contribution in [2.75, 3.05) is 5.32 Å². The Hall–Kier alpha value is -0.630. The Labute approximate surface area is 133 Å². The van der Waals surface area contributed by atoms with Crippen molar-refractivity contribution < 1.29 is 14.7 Å². The van der Waals surface area contributed by atoms with Gasteiger partial charge in [-0.2, -0.15) is 0 Å². The van der Waals surface area contributed by atoms with Crippen molar-refractivity contribution >= 4 is 56.1 Å². The van der Waals surface area contributed by atoms with E-state index in [1.165, 1.54) is 0 Å². The van der Waals surface area contributed by atoms with E-state index in [0.717, 1.165) is 13.7 Å². The second kappa shape index (κ2) is 6.21. The molecular weight excluding hydrogens is 425 g/mol. The number of carbonyl (C=O) groups excluding carboxylic acids is 1. The molecule has 1 aromatic rings. The van der Waals surface area contributed by atoms with Crippen LogP contribution in [-0.4, -0.2) is 17.0 Å². The molecule has 1 fully saturated rings. The minimum absolute atomic E-state index is 0.0920. The van der Waals surface area contributed by atoms with Crippen LogP contribution in [0, 0.1) is 15.4 Å². The first-order chi connectivity index (χ1) is 8.97. The smallest absolute Gasteiger partial charge is 0.306 e. The number of anilines is 1. The third-order valence-electron chi connectivity index (χ3n) is 3.34.